The Morgan fingerprint density at radius 2 is 1.85 bits per heavy atom. The van der Waals surface area contributed by atoms with Crippen LogP contribution in [0.2, 0.25) is 5.02 Å². The molecule has 0 saturated carbocycles. The van der Waals surface area contributed by atoms with Gasteiger partial charge in [0.05, 0.1) is 17.7 Å². The molecule has 1 atom stereocenters. The van der Waals surface area contributed by atoms with Crippen LogP contribution >= 0.6 is 11.6 Å². The van der Waals surface area contributed by atoms with Gasteiger partial charge in [0.25, 0.3) is 5.91 Å². The first-order valence-electron chi connectivity index (χ1n) is 8.27. The average molecular weight is 376 g/mol. The van der Waals surface area contributed by atoms with Crippen LogP contribution in [-0.4, -0.2) is 25.0 Å². The number of esters is 1. The summed E-state index contributed by atoms with van der Waals surface area (Å²) in [4.78, 5) is 24.9. The summed E-state index contributed by atoms with van der Waals surface area (Å²) in [5.74, 6) is -0.360. The van der Waals surface area contributed by atoms with Crippen LogP contribution in [0.25, 0.3) is 0 Å². The Balaban J connectivity index is 2.03. The van der Waals surface area contributed by atoms with Crippen molar-refractivity contribution in [2.75, 3.05) is 7.11 Å². The van der Waals surface area contributed by atoms with Gasteiger partial charge in [-0.15, -0.1) is 0 Å². The third-order valence-electron chi connectivity index (χ3n) is 3.84. The normalized spacial score (nSPS) is 11.7. The van der Waals surface area contributed by atoms with Crippen molar-refractivity contribution >= 4 is 23.5 Å². The van der Waals surface area contributed by atoms with Crippen molar-refractivity contribution in [2.45, 2.75) is 26.5 Å². The minimum absolute atomic E-state index is 0.0984. The summed E-state index contributed by atoms with van der Waals surface area (Å²) < 4.78 is 10.5. The summed E-state index contributed by atoms with van der Waals surface area (Å²) in [7, 11) is 1.57. The molecule has 0 spiro atoms. The number of nitrogens with one attached hydrogen (secondary N) is 1. The average Bonchev–Trinajstić information content (AvgIpc) is 2.64. The molecular formula is C20H22ClNO4. The first-order valence-corrected chi connectivity index (χ1v) is 8.65. The van der Waals surface area contributed by atoms with Gasteiger partial charge in [-0.1, -0.05) is 49.7 Å². The van der Waals surface area contributed by atoms with E-state index in [9.17, 15) is 9.59 Å². The molecule has 0 saturated heterocycles. The minimum Gasteiger partial charge on any atom is -0.497 e. The Hall–Kier alpha value is -2.53. The molecule has 2 rings (SSSR count). The first-order chi connectivity index (χ1) is 12.4. The number of halogens is 1. The molecule has 6 heteroatoms. The van der Waals surface area contributed by atoms with E-state index in [4.69, 9.17) is 21.1 Å². The van der Waals surface area contributed by atoms with E-state index in [0.717, 1.165) is 5.56 Å². The second kappa shape index (κ2) is 9.25. The van der Waals surface area contributed by atoms with E-state index in [1.165, 1.54) is 0 Å². The van der Waals surface area contributed by atoms with E-state index in [2.05, 4.69) is 5.32 Å². The molecule has 0 heterocycles. The Morgan fingerprint density at radius 3 is 2.50 bits per heavy atom. The molecule has 0 bridgehead atoms. The first kappa shape index (κ1) is 19.8. The van der Waals surface area contributed by atoms with E-state index >= 15 is 0 Å². The van der Waals surface area contributed by atoms with Gasteiger partial charge in [-0.25, -0.2) is 4.79 Å². The number of methoxy groups -OCH3 is 1. The van der Waals surface area contributed by atoms with Gasteiger partial charge in [0.2, 0.25) is 0 Å². The Morgan fingerprint density at radius 1 is 1.12 bits per heavy atom. The van der Waals surface area contributed by atoms with E-state index < -0.39 is 17.9 Å². The second-order valence-electron chi connectivity index (χ2n) is 6.13. The molecule has 26 heavy (non-hydrogen) atoms. The van der Waals surface area contributed by atoms with Crippen LogP contribution in [-0.2, 0) is 16.1 Å². The number of hydrogen-bond donors (Lipinski definition) is 1. The Kier molecular flexibility index (Phi) is 7.04. The highest BCUT2D eigenvalue weighted by atomic mass is 35.5. The van der Waals surface area contributed by atoms with Crippen molar-refractivity contribution in [1.82, 2.24) is 5.32 Å². The maximum Gasteiger partial charge on any atom is 0.329 e. The fourth-order valence-electron chi connectivity index (χ4n) is 2.37. The smallest absolute Gasteiger partial charge is 0.329 e. The summed E-state index contributed by atoms with van der Waals surface area (Å²) in [5.41, 5.74) is 1.12. The fraction of sp³-hybridized carbons (Fsp3) is 0.300. The number of benzene rings is 2. The lowest BCUT2D eigenvalue weighted by Gasteiger charge is -2.21. The molecule has 1 N–H and O–H groups in total. The van der Waals surface area contributed by atoms with Gasteiger partial charge in [-0.2, -0.15) is 0 Å². The molecule has 1 unspecified atom stereocenters. The molecule has 5 nitrogen and oxygen atoms in total. The summed E-state index contributed by atoms with van der Waals surface area (Å²) >= 11 is 6.04. The maximum atomic E-state index is 12.5. The third kappa shape index (κ3) is 5.23. The Labute approximate surface area is 158 Å². The highest BCUT2D eigenvalue weighted by Crippen LogP contribution is 2.17. The molecule has 0 aliphatic carbocycles. The zero-order chi connectivity index (χ0) is 19.1. The highest BCUT2D eigenvalue weighted by Gasteiger charge is 2.26. The standard InChI is InChI=1S/C20H22ClNO4/c1-13(2)18(22-19(23)16-9-4-5-10-17(16)21)20(24)26-12-14-7-6-8-15(11-14)25-3/h4-11,13,18H,12H2,1-3H3,(H,22,23). The molecule has 0 fully saturated rings. The van der Waals surface area contributed by atoms with Gasteiger partial charge < -0.3 is 14.8 Å². The third-order valence-corrected chi connectivity index (χ3v) is 4.17. The molecular weight excluding hydrogens is 354 g/mol. The van der Waals surface area contributed by atoms with Crippen LogP contribution in [0.5, 0.6) is 5.75 Å². The van der Waals surface area contributed by atoms with Crippen LogP contribution in [0.15, 0.2) is 48.5 Å². The van der Waals surface area contributed by atoms with Crippen molar-refractivity contribution < 1.29 is 19.1 Å². The molecule has 0 aromatic heterocycles. The van der Waals surface area contributed by atoms with Gasteiger partial charge in [0.15, 0.2) is 0 Å². The van der Waals surface area contributed by atoms with Gasteiger partial charge in [-0.3, -0.25) is 4.79 Å². The van der Waals surface area contributed by atoms with E-state index in [0.29, 0.717) is 16.3 Å². The lowest BCUT2D eigenvalue weighted by atomic mass is 10.0. The molecule has 2 aromatic carbocycles. The van der Waals surface area contributed by atoms with Crippen molar-refractivity contribution in [3.05, 3.63) is 64.7 Å². The highest BCUT2D eigenvalue weighted by molar-refractivity contribution is 6.33. The zero-order valence-corrected chi connectivity index (χ0v) is 15.7. The van der Waals surface area contributed by atoms with Crippen molar-refractivity contribution in [1.29, 1.82) is 0 Å². The van der Waals surface area contributed by atoms with Crippen molar-refractivity contribution in [3.63, 3.8) is 0 Å². The van der Waals surface area contributed by atoms with Gasteiger partial charge in [0, 0.05) is 0 Å². The monoisotopic (exact) mass is 375 g/mol. The van der Waals surface area contributed by atoms with Crippen LogP contribution < -0.4 is 10.1 Å². The van der Waals surface area contributed by atoms with Gasteiger partial charge >= 0.3 is 5.97 Å². The largest absolute Gasteiger partial charge is 0.497 e. The molecule has 2 aromatic rings. The lowest BCUT2D eigenvalue weighted by molar-refractivity contribution is -0.148. The van der Waals surface area contributed by atoms with E-state index in [1.807, 2.05) is 32.0 Å². The van der Waals surface area contributed by atoms with E-state index in [-0.39, 0.29) is 12.5 Å². The van der Waals surface area contributed by atoms with Gasteiger partial charge in [0.1, 0.15) is 18.4 Å². The van der Waals surface area contributed by atoms with Gasteiger partial charge in [-0.05, 0) is 35.7 Å². The summed E-state index contributed by atoms with van der Waals surface area (Å²) in [6, 6.07) is 13.2. The summed E-state index contributed by atoms with van der Waals surface area (Å²) in [5, 5.41) is 3.04. The number of amides is 1. The molecule has 138 valence electrons. The lowest BCUT2D eigenvalue weighted by Crippen LogP contribution is -2.45. The molecule has 0 aliphatic heterocycles. The van der Waals surface area contributed by atoms with E-state index in [1.54, 1.807) is 37.4 Å². The number of ether oxygens (including phenoxy) is 2. The number of hydrogen-bond acceptors (Lipinski definition) is 4. The zero-order valence-electron chi connectivity index (χ0n) is 15.0. The summed E-state index contributed by atoms with van der Waals surface area (Å²) in [6.45, 7) is 3.77. The quantitative estimate of drug-likeness (QED) is 0.746. The van der Waals surface area contributed by atoms with Crippen molar-refractivity contribution in [2.24, 2.45) is 5.92 Å². The minimum atomic E-state index is -0.774. The van der Waals surface area contributed by atoms with Crippen LogP contribution in [0, 0.1) is 5.92 Å². The number of carbonyl (C=O) groups is 2. The molecule has 0 aliphatic rings. The Bertz CT molecular complexity index is 776. The topological polar surface area (TPSA) is 64.6 Å². The van der Waals surface area contributed by atoms with Crippen LogP contribution in [0.4, 0.5) is 0 Å². The molecule has 1 amide bonds. The molecule has 0 radical (unpaired) electrons. The second-order valence-corrected chi connectivity index (χ2v) is 6.54. The van der Waals surface area contributed by atoms with Crippen molar-refractivity contribution in [3.8, 4) is 5.75 Å². The van der Waals surface area contributed by atoms with Crippen LogP contribution in [0.3, 0.4) is 0 Å². The van der Waals surface area contributed by atoms with Crippen LogP contribution in [0.1, 0.15) is 29.8 Å². The number of rotatable bonds is 7. The maximum absolute atomic E-state index is 12.5. The predicted octanol–water partition coefficient (Wildman–Crippen LogP) is 3.85. The summed E-state index contributed by atoms with van der Waals surface area (Å²) in [6.07, 6.45) is 0. The number of carbonyl (C=O) groups excluding carboxylic acids is 2. The SMILES string of the molecule is COc1cccc(COC(=O)C(NC(=O)c2ccccc2Cl)C(C)C)c1. The predicted molar refractivity (Wildman–Crippen MR) is 100 cm³/mol. The fourth-order valence-corrected chi connectivity index (χ4v) is 2.59.